The Morgan fingerprint density at radius 3 is 2.25 bits per heavy atom. The molecule has 2 aromatic carbocycles. The monoisotopic (exact) mass is 378 g/mol. The van der Waals surface area contributed by atoms with Gasteiger partial charge >= 0.3 is 0 Å². The smallest absolute Gasteiger partial charge is 0.253 e. The first-order valence-electron chi connectivity index (χ1n) is 9.06. The minimum atomic E-state index is -0.319. The van der Waals surface area contributed by atoms with E-state index in [2.05, 4.69) is 10.2 Å². The molecule has 0 atom stereocenters. The molecular formula is C21H22N4O3. The van der Waals surface area contributed by atoms with Crippen LogP contribution in [0.1, 0.15) is 16.8 Å². The number of carbonyl (C=O) groups is 2. The van der Waals surface area contributed by atoms with E-state index in [1.165, 1.54) is 0 Å². The minimum Gasteiger partial charge on any atom is -0.497 e. The summed E-state index contributed by atoms with van der Waals surface area (Å²) in [6.07, 6.45) is -0.161. The van der Waals surface area contributed by atoms with Crippen LogP contribution in [-0.4, -0.2) is 50.0 Å². The van der Waals surface area contributed by atoms with E-state index in [0.29, 0.717) is 24.3 Å². The molecule has 0 saturated carbocycles. The van der Waals surface area contributed by atoms with Crippen LogP contribution in [0, 0.1) is 11.3 Å². The van der Waals surface area contributed by atoms with E-state index < -0.39 is 0 Å². The lowest BCUT2D eigenvalue weighted by Gasteiger charge is -2.36. The Balaban J connectivity index is 1.55. The summed E-state index contributed by atoms with van der Waals surface area (Å²) in [4.78, 5) is 28.2. The van der Waals surface area contributed by atoms with Crippen molar-refractivity contribution in [2.24, 2.45) is 0 Å². The summed E-state index contributed by atoms with van der Waals surface area (Å²) in [7, 11) is 1.60. The lowest BCUT2D eigenvalue weighted by Crippen LogP contribution is -2.48. The lowest BCUT2D eigenvalue weighted by atomic mass is 10.1. The average Bonchev–Trinajstić information content (AvgIpc) is 2.74. The molecular weight excluding hydrogens is 356 g/mol. The van der Waals surface area contributed by atoms with Gasteiger partial charge in [-0.25, -0.2) is 0 Å². The highest BCUT2D eigenvalue weighted by atomic mass is 16.5. The highest BCUT2D eigenvalue weighted by molar-refractivity contribution is 5.94. The van der Waals surface area contributed by atoms with Crippen LogP contribution < -0.4 is 15.0 Å². The molecule has 3 rings (SSSR count). The van der Waals surface area contributed by atoms with Crippen molar-refractivity contribution in [1.82, 2.24) is 4.90 Å². The maximum absolute atomic E-state index is 12.6. The fourth-order valence-corrected chi connectivity index (χ4v) is 3.12. The first-order valence-corrected chi connectivity index (χ1v) is 9.06. The number of hydrogen-bond donors (Lipinski definition) is 1. The zero-order valence-electron chi connectivity index (χ0n) is 15.7. The van der Waals surface area contributed by atoms with Crippen molar-refractivity contribution in [2.45, 2.75) is 6.42 Å². The van der Waals surface area contributed by atoms with Crippen LogP contribution >= 0.6 is 0 Å². The molecule has 1 aliphatic heterocycles. The van der Waals surface area contributed by atoms with Crippen LogP contribution in [0.5, 0.6) is 5.75 Å². The normalized spacial score (nSPS) is 13.6. The third-order valence-corrected chi connectivity index (χ3v) is 4.66. The number of methoxy groups -OCH3 is 1. The van der Waals surface area contributed by atoms with Gasteiger partial charge in [0.1, 0.15) is 12.2 Å². The SMILES string of the molecule is COc1ccc(C(=O)N2CCN(c3ccc(NC(=O)CC#N)cc3)CC2)cc1. The molecule has 0 aliphatic carbocycles. The fraction of sp³-hybridized carbons (Fsp3) is 0.286. The molecule has 1 fully saturated rings. The quantitative estimate of drug-likeness (QED) is 0.864. The van der Waals surface area contributed by atoms with Crippen molar-refractivity contribution in [3.8, 4) is 11.8 Å². The number of nitriles is 1. The van der Waals surface area contributed by atoms with E-state index >= 15 is 0 Å². The fourth-order valence-electron chi connectivity index (χ4n) is 3.12. The second-order valence-electron chi connectivity index (χ2n) is 6.44. The highest BCUT2D eigenvalue weighted by Gasteiger charge is 2.22. The van der Waals surface area contributed by atoms with E-state index in [4.69, 9.17) is 10.00 Å². The van der Waals surface area contributed by atoms with Gasteiger partial charge in [-0.15, -0.1) is 0 Å². The molecule has 0 bridgehead atoms. The van der Waals surface area contributed by atoms with Crippen molar-refractivity contribution >= 4 is 23.2 Å². The summed E-state index contributed by atoms with van der Waals surface area (Å²) >= 11 is 0. The minimum absolute atomic E-state index is 0.0258. The third-order valence-electron chi connectivity index (χ3n) is 4.66. The molecule has 1 N–H and O–H groups in total. The molecule has 0 unspecified atom stereocenters. The maximum atomic E-state index is 12.6. The number of amides is 2. The number of ether oxygens (including phenoxy) is 1. The Hall–Kier alpha value is -3.53. The number of anilines is 2. The highest BCUT2D eigenvalue weighted by Crippen LogP contribution is 2.21. The van der Waals surface area contributed by atoms with E-state index in [1.54, 1.807) is 31.4 Å². The van der Waals surface area contributed by atoms with Gasteiger partial charge < -0.3 is 19.9 Å². The van der Waals surface area contributed by atoms with Crippen molar-refractivity contribution in [1.29, 1.82) is 5.26 Å². The van der Waals surface area contributed by atoms with Gasteiger partial charge in [0.25, 0.3) is 5.91 Å². The molecule has 1 saturated heterocycles. The van der Waals surface area contributed by atoms with E-state index in [9.17, 15) is 9.59 Å². The van der Waals surface area contributed by atoms with Crippen LogP contribution in [0.25, 0.3) is 0 Å². The topological polar surface area (TPSA) is 85.7 Å². The number of hydrogen-bond acceptors (Lipinski definition) is 5. The van der Waals surface area contributed by atoms with Gasteiger partial charge in [-0.05, 0) is 48.5 Å². The third kappa shape index (κ3) is 4.60. The second kappa shape index (κ2) is 8.91. The van der Waals surface area contributed by atoms with Crippen molar-refractivity contribution < 1.29 is 14.3 Å². The van der Waals surface area contributed by atoms with Crippen molar-refractivity contribution in [2.75, 3.05) is 43.5 Å². The van der Waals surface area contributed by atoms with Crippen molar-refractivity contribution in [3.05, 3.63) is 54.1 Å². The summed E-state index contributed by atoms with van der Waals surface area (Å²) in [6.45, 7) is 2.76. The lowest BCUT2D eigenvalue weighted by molar-refractivity contribution is -0.115. The maximum Gasteiger partial charge on any atom is 0.253 e. The predicted octanol–water partition coefficient (Wildman–Crippen LogP) is 2.51. The molecule has 1 aliphatic rings. The Bertz CT molecular complexity index is 864. The Kier molecular flexibility index (Phi) is 6.12. The standard InChI is InChI=1S/C21H22N4O3/c1-28-19-8-2-16(3-9-19)21(27)25-14-12-24(13-15-25)18-6-4-17(5-7-18)23-20(26)10-11-22/h2-9H,10,12-15H2,1H3,(H,23,26). The van der Waals surface area contributed by atoms with Gasteiger partial charge in [0.15, 0.2) is 0 Å². The molecule has 7 heteroatoms. The molecule has 28 heavy (non-hydrogen) atoms. The molecule has 0 spiro atoms. The van der Waals surface area contributed by atoms with Crippen LogP contribution in [0.4, 0.5) is 11.4 Å². The number of piperazine rings is 1. The van der Waals surface area contributed by atoms with Gasteiger partial charge in [-0.1, -0.05) is 0 Å². The van der Waals surface area contributed by atoms with E-state index in [1.807, 2.05) is 35.2 Å². The number of carbonyl (C=O) groups excluding carboxylic acids is 2. The zero-order chi connectivity index (χ0) is 19.9. The summed E-state index contributed by atoms with van der Waals surface area (Å²) in [5.74, 6) is 0.437. The van der Waals surface area contributed by atoms with Crippen LogP contribution in [-0.2, 0) is 4.79 Å². The Labute approximate surface area is 164 Å². The van der Waals surface area contributed by atoms with Gasteiger partial charge in [0.2, 0.25) is 5.91 Å². The van der Waals surface area contributed by atoms with E-state index in [0.717, 1.165) is 24.5 Å². The van der Waals surface area contributed by atoms with E-state index in [-0.39, 0.29) is 18.2 Å². The first kappa shape index (κ1) is 19.2. The van der Waals surface area contributed by atoms with Gasteiger partial charge in [0, 0.05) is 43.1 Å². The first-order chi connectivity index (χ1) is 13.6. The molecule has 2 amide bonds. The van der Waals surface area contributed by atoms with Crippen molar-refractivity contribution in [3.63, 3.8) is 0 Å². The zero-order valence-corrected chi connectivity index (χ0v) is 15.7. The van der Waals surface area contributed by atoms with Crippen LogP contribution in [0.2, 0.25) is 0 Å². The molecule has 0 radical (unpaired) electrons. The molecule has 144 valence electrons. The predicted molar refractivity (Wildman–Crippen MR) is 106 cm³/mol. The number of nitrogens with one attached hydrogen (secondary N) is 1. The van der Waals surface area contributed by atoms with Gasteiger partial charge in [-0.2, -0.15) is 5.26 Å². The second-order valence-corrected chi connectivity index (χ2v) is 6.44. The molecule has 0 aromatic heterocycles. The van der Waals surface area contributed by atoms with Crippen LogP contribution in [0.15, 0.2) is 48.5 Å². The number of rotatable bonds is 5. The molecule has 1 heterocycles. The summed E-state index contributed by atoms with van der Waals surface area (Å²) < 4.78 is 5.13. The van der Waals surface area contributed by atoms with Crippen LogP contribution in [0.3, 0.4) is 0 Å². The molecule has 7 nitrogen and oxygen atoms in total. The Morgan fingerprint density at radius 1 is 1.04 bits per heavy atom. The Morgan fingerprint density at radius 2 is 1.68 bits per heavy atom. The largest absolute Gasteiger partial charge is 0.497 e. The molecule has 2 aromatic rings. The van der Waals surface area contributed by atoms with Gasteiger partial charge in [-0.3, -0.25) is 9.59 Å². The summed E-state index contributed by atoms with van der Waals surface area (Å²) in [6, 6.07) is 16.5. The average molecular weight is 378 g/mol. The number of nitrogens with zero attached hydrogens (tertiary/aromatic N) is 3. The van der Waals surface area contributed by atoms with Gasteiger partial charge in [0.05, 0.1) is 13.2 Å². The summed E-state index contributed by atoms with van der Waals surface area (Å²) in [5.41, 5.74) is 2.36. The summed E-state index contributed by atoms with van der Waals surface area (Å²) in [5, 5.41) is 11.2. The number of benzene rings is 2.